The smallest absolute Gasteiger partial charge is 0.313 e. The zero-order valence-corrected chi connectivity index (χ0v) is 12.3. The number of benzene rings is 1. The third kappa shape index (κ3) is 3.73. The van der Waals surface area contributed by atoms with Crippen LogP contribution in [0.1, 0.15) is 45.1 Å². The molecule has 4 heteroatoms. The van der Waals surface area contributed by atoms with E-state index in [1.165, 1.54) is 0 Å². The summed E-state index contributed by atoms with van der Waals surface area (Å²) in [6, 6.07) is 7.38. The van der Waals surface area contributed by atoms with Crippen LogP contribution in [0.5, 0.6) is 0 Å². The monoisotopic (exact) mass is 277 g/mol. The quantitative estimate of drug-likeness (QED) is 0.681. The number of nitrogen functional groups attached to an aromatic ring is 1. The molecule has 1 saturated heterocycles. The molecule has 1 aliphatic heterocycles. The van der Waals surface area contributed by atoms with Crippen molar-refractivity contribution in [2.24, 2.45) is 0 Å². The van der Waals surface area contributed by atoms with E-state index in [0.29, 0.717) is 5.69 Å². The summed E-state index contributed by atoms with van der Waals surface area (Å²) in [6.45, 7) is 5.87. The minimum atomic E-state index is -0.299. The number of hydrogen-bond donors (Lipinski definition) is 1. The molecule has 110 valence electrons. The van der Waals surface area contributed by atoms with Crippen LogP contribution in [-0.4, -0.2) is 24.3 Å². The van der Waals surface area contributed by atoms with E-state index in [0.717, 1.165) is 18.4 Å². The Hall–Kier alpha value is -1.55. The highest BCUT2D eigenvalue weighted by Crippen LogP contribution is 2.25. The van der Waals surface area contributed by atoms with Gasteiger partial charge < -0.3 is 15.2 Å². The lowest BCUT2D eigenvalue weighted by Crippen LogP contribution is -2.36. The topological polar surface area (TPSA) is 61.5 Å². The Bertz CT molecular complexity index is 465. The van der Waals surface area contributed by atoms with E-state index < -0.39 is 0 Å². The van der Waals surface area contributed by atoms with E-state index in [4.69, 9.17) is 15.2 Å². The Morgan fingerprint density at radius 1 is 1.35 bits per heavy atom. The number of carbonyl (C=O) groups is 1. The number of ether oxygens (including phenoxy) is 2. The van der Waals surface area contributed by atoms with Gasteiger partial charge in [-0.15, -0.1) is 0 Å². The third-order valence-corrected chi connectivity index (χ3v) is 3.70. The number of hydrogen-bond acceptors (Lipinski definition) is 4. The Kier molecular flexibility index (Phi) is 4.65. The predicted octanol–water partition coefficient (Wildman–Crippen LogP) is 2.87. The molecule has 1 aromatic carbocycles. The van der Waals surface area contributed by atoms with Gasteiger partial charge in [-0.25, -0.2) is 0 Å². The van der Waals surface area contributed by atoms with Gasteiger partial charge in [0.05, 0.1) is 18.1 Å². The maximum atomic E-state index is 12.2. The molecule has 2 N–H and O–H groups in total. The normalized spacial score (nSPS) is 27.9. The van der Waals surface area contributed by atoms with E-state index >= 15 is 0 Å². The minimum absolute atomic E-state index is 0.0511. The van der Waals surface area contributed by atoms with Crippen LogP contribution in [0, 0.1) is 0 Å². The summed E-state index contributed by atoms with van der Waals surface area (Å²) in [5, 5.41) is 0. The van der Waals surface area contributed by atoms with Crippen LogP contribution in [0.2, 0.25) is 0 Å². The van der Waals surface area contributed by atoms with Gasteiger partial charge in [0.1, 0.15) is 6.10 Å². The van der Waals surface area contributed by atoms with Gasteiger partial charge in [-0.05, 0) is 38.5 Å². The number of esters is 1. The molecule has 0 aromatic heterocycles. The molecule has 4 nitrogen and oxygen atoms in total. The largest absolute Gasteiger partial charge is 0.462 e. The number of anilines is 1. The Balaban J connectivity index is 1.97. The van der Waals surface area contributed by atoms with Crippen molar-refractivity contribution in [1.29, 1.82) is 0 Å². The van der Waals surface area contributed by atoms with Crippen molar-refractivity contribution in [3.05, 3.63) is 29.8 Å². The fourth-order valence-electron chi connectivity index (χ4n) is 2.67. The highest BCUT2D eigenvalue weighted by Gasteiger charge is 2.29. The third-order valence-electron chi connectivity index (χ3n) is 3.70. The van der Waals surface area contributed by atoms with Crippen LogP contribution < -0.4 is 5.73 Å². The summed E-state index contributed by atoms with van der Waals surface area (Å²) in [7, 11) is 0. The zero-order chi connectivity index (χ0) is 14.7. The van der Waals surface area contributed by atoms with Crippen molar-refractivity contribution >= 4 is 11.7 Å². The molecule has 0 aliphatic carbocycles. The second-order valence-electron chi connectivity index (χ2n) is 5.68. The van der Waals surface area contributed by atoms with E-state index in [1.54, 1.807) is 0 Å². The number of rotatable bonds is 3. The van der Waals surface area contributed by atoms with Gasteiger partial charge in [0.2, 0.25) is 0 Å². The van der Waals surface area contributed by atoms with Crippen molar-refractivity contribution in [3.8, 4) is 0 Å². The van der Waals surface area contributed by atoms with Crippen LogP contribution in [0.3, 0.4) is 0 Å². The summed E-state index contributed by atoms with van der Waals surface area (Å²) >= 11 is 0. The Morgan fingerprint density at radius 2 is 2.00 bits per heavy atom. The van der Waals surface area contributed by atoms with Crippen LogP contribution in [0.15, 0.2) is 24.3 Å². The Morgan fingerprint density at radius 3 is 2.60 bits per heavy atom. The van der Waals surface area contributed by atoms with Gasteiger partial charge in [0, 0.05) is 18.5 Å². The molecule has 0 spiro atoms. The molecule has 20 heavy (non-hydrogen) atoms. The van der Waals surface area contributed by atoms with Gasteiger partial charge in [-0.3, -0.25) is 4.79 Å². The fraction of sp³-hybridized carbons (Fsp3) is 0.562. The first-order valence-corrected chi connectivity index (χ1v) is 7.17. The van der Waals surface area contributed by atoms with Gasteiger partial charge >= 0.3 is 5.97 Å². The molecule has 2 rings (SSSR count). The van der Waals surface area contributed by atoms with Crippen LogP contribution >= 0.6 is 0 Å². The maximum Gasteiger partial charge on any atom is 0.313 e. The summed E-state index contributed by atoms with van der Waals surface area (Å²) in [6.07, 6.45) is 1.75. The molecular formula is C16H23NO3. The lowest BCUT2D eigenvalue weighted by molar-refractivity contribution is -0.161. The summed E-state index contributed by atoms with van der Waals surface area (Å²) in [5.74, 6) is -0.492. The van der Waals surface area contributed by atoms with Gasteiger partial charge in [-0.2, -0.15) is 0 Å². The van der Waals surface area contributed by atoms with Gasteiger partial charge in [-0.1, -0.05) is 12.1 Å². The fourth-order valence-corrected chi connectivity index (χ4v) is 2.67. The lowest BCUT2D eigenvalue weighted by atomic mass is 9.99. The average Bonchev–Trinajstić information content (AvgIpc) is 2.36. The highest BCUT2D eigenvalue weighted by atomic mass is 16.6. The molecule has 1 aromatic rings. The molecule has 0 radical (unpaired) electrons. The van der Waals surface area contributed by atoms with Crippen LogP contribution in [-0.2, 0) is 14.3 Å². The second kappa shape index (κ2) is 6.27. The zero-order valence-electron chi connectivity index (χ0n) is 12.3. The highest BCUT2D eigenvalue weighted by molar-refractivity contribution is 5.78. The van der Waals surface area contributed by atoms with E-state index in [9.17, 15) is 4.79 Å². The molecule has 1 heterocycles. The number of carbonyl (C=O) groups excluding carboxylic acids is 1. The second-order valence-corrected chi connectivity index (χ2v) is 5.68. The maximum absolute atomic E-state index is 12.2. The first-order valence-electron chi connectivity index (χ1n) is 7.17. The average molecular weight is 277 g/mol. The van der Waals surface area contributed by atoms with E-state index in [2.05, 4.69) is 0 Å². The van der Waals surface area contributed by atoms with Crippen molar-refractivity contribution in [2.75, 3.05) is 5.73 Å². The van der Waals surface area contributed by atoms with Gasteiger partial charge in [0.15, 0.2) is 0 Å². The SMILES string of the molecule is CC1CC(OC(=O)C(C)c2cccc(N)c2)CC(C)O1. The van der Waals surface area contributed by atoms with Crippen molar-refractivity contribution in [3.63, 3.8) is 0 Å². The first-order chi connectivity index (χ1) is 9.45. The summed E-state index contributed by atoms with van der Waals surface area (Å²) in [4.78, 5) is 12.2. The molecule has 3 unspecified atom stereocenters. The standard InChI is InChI=1S/C16H23NO3/c1-10-7-15(8-11(2)19-10)20-16(18)12(3)13-5-4-6-14(17)9-13/h4-6,9-12,15H,7-8,17H2,1-3H3. The van der Waals surface area contributed by atoms with Crippen molar-refractivity contribution < 1.29 is 14.3 Å². The summed E-state index contributed by atoms with van der Waals surface area (Å²) in [5.41, 5.74) is 7.30. The van der Waals surface area contributed by atoms with Crippen molar-refractivity contribution in [1.82, 2.24) is 0 Å². The molecule has 0 bridgehead atoms. The molecule has 1 aliphatic rings. The van der Waals surface area contributed by atoms with Crippen LogP contribution in [0.25, 0.3) is 0 Å². The molecule has 3 atom stereocenters. The lowest BCUT2D eigenvalue weighted by Gasteiger charge is -2.32. The number of nitrogens with two attached hydrogens (primary N) is 1. The van der Waals surface area contributed by atoms with Crippen LogP contribution in [0.4, 0.5) is 5.69 Å². The van der Waals surface area contributed by atoms with Gasteiger partial charge in [0.25, 0.3) is 0 Å². The first kappa shape index (κ1) is 14.9. The predicted molar refractivity (Wildman–Crippen MR) is 78.4 cm³/mol. The van der Waals surface area contributed by atoms with Crippen molar-refractivity contribution in [2.45, 2.75) is 57.8 Å². The molecule has 0 amide bonds. The molecule has 1 fully saturated rings. The molecular weight excluding hydrogens is 254 g/mol. The Labute approximate surface area is 120 Å². The van der Waals surface area contributed by atoms with E-state index in [-0.39, 0.29) is 30.2 Å². The van der Waals surface area contributed by atoms with E-state index in [1.807, 2.05) is 45.0 Å². The molecule has 0 saturated carbocycles. The minimum Gasteiger partial charge on any atom is -0.462 e. The summed E-state index contributed by atoms with van der Waals surface area (Å²) < 4.78 is 11.3.